The molecule has 1 aliphatic rings. The molecule has 3 amide bonds. The lowest BCUT2D eigenvalue weighted by Crippen LogP contribution is -2.51. The van der Waals surface area contributed by atoms with Crippen molar-refractivity contribution in [3.05, 3.63) is 71.8 Å². The minimum atomic E-state index is -0.203. The number of benzene rings is 2. The van der Waals surface area contributed by atoms with Crippen LogP contribution in [-0.4, -0.2) is 36.0 Å². The number of hydrogen-bond acceptors (Lipinski definition) is 2. The maximum absolute atomic E-state index is 12.9. The summed E-state index contributed by atoms with van der Waals surface area (Å²) in [6, 6.07) is 20.1. The molecule has 5 nitrogen and oxygen atoms in total. The molecular weight excluding hydrogens is 362 g/mol. The van der Waals surface area contributed by atoms with E-state index in [1.165, 1.54) is 5.56 Å². The van der Waals surface area contributed by atoms with Gasteiger partial charge < -0.3 is 15.5 Å². The van der Waals surface area contributed by atoms with Gasteiger partial charge in [0.25, 0.3) is 0 Å². The van der Waals surface area contributed by atoms with Crippen LogP contribution in [0.4, 0.5) is 4.79 Å². The number of nitrogens with one attached hydrogen (secondary N) is 2. The molecule has 0 saturated carbocycles. The summed E-state index contributed by atoms with van der Waals surface area (Å²) in [7, 11) is 0. The normalized spacial score (nSPS) is 20.0. The number of urea groups is 1. The number of rotatable bonds is 6. The van der Waals surface area contributed by atoms with Crippen LogP contribution < -0.4 is 10.6 Å². The highest BCUT2D eigenvalue weighted by atomic mass is 16.2. The Morgan fingerprint density at radius 2 is 1.69 bits per heavy atom. The van der Waals surface area contributed by atoms with E-state index < -0.39 is 0 Å². The van der Waals surface area contributed by atoms with Crippen LogP contribution in [0.5, 0.6) is 0 Å². The van der Waals surface area contributed by atoms with E-state index in [2.05, 4.69) is 29.7 Å². The molecule has 1 fully saturated rings. The Morgan fingerprint density at radius 1 is 1.03 bits per heavy atom. The summed E-state index contributed by atoms with van der Waals surface area (Å²) in [6.45, 7) is 5.63. The summed E-state index contributed by atoms with van der Waals surface area (Å²) in [4.78, 5) is 27.5. The zero-order chi connectivity index (χ0) is 20.6. The van der Waals surface area contributed by atoms with Crippen LogP contribution in [0.3, 0.4) is 0 Å². The molecule has 0 aliphatic carbocycles. The highest BCUT2D eigenvalue weighted by molar-refractivity contribution is 5.81. The SMILES string of the molecule is CC[C@H](C)NC(=O)[C@@H]1C[C@H](c2ccccc2)CN(C(=O)NCc2ccccc2)C1. The van der Waals surface area contributed by atoms with E-state index in [1.807, 2.05) is 55.5 Å². The van der Waals surface area contributed by atoms with Gasteiger partial charge in [0, 0.05) is 31.6 Å². The highest BCUT2D eigenvalue weighted by Crippen LogP contribution is 2.30. The Balaban J connectivity index is 1.70. The quantitative estimate of drug-likeness (QED) is 0.781. The van der Waals surface area contributed by atoms with E-state index in [-0.39, 0.29) is 29.8 Å². The van der Waals surface area contributed by atoms with E-state index >= 15 is 0 Å². The van der Waals surface area contributed by atoms with Crippen LogP contribution in [0.1, 0.15) is 43.7 Å². The van der Waals surface area contributed by atoms with Crippen LogP contribution in [-0.2, 0) is 11.3 Å². The molecule has 2 aromatic rings. The molecular formula is C24H31N3O2. The maximum Gasteiger partial charge on any atom is 0.317 e. The van der Waals surface area contributed by atoms with Crippen LogP contribution in [0.25, 0.3) is 0 Å². The Hall–Kier alpha value is -2.82. The van der Waals surface area contributed by atoms with Crippen LogP contribution in [0.15, 0.2) is 60.7 Å². The molecule has 2 aromatic carbocycles. The minimum absolute atomic E-state index is 0.0424. The van der Waals surface area contributed by atoms with E-state index in [4.69, 9.17) is 0 Å². The third kappa shape index (κ3) is 5.83. The van der Waals surface area contributed by atoms with Crippen molar-refractivity contribution < 1.29 is 9.59 Å². The van der Waals surface area contributed by atoms with Gasteiger partial charge in [0.2, 0.25) is 5.91 Å². The van der Waals surface area contributed by atoms with Gasteiger partial charge in [0.1, 0.15) is 0 Å². The molecule has 1 aliphatic heterocycles. The predicted molar refractivity (Wildman–Crippen MR) is 115 cm³/mol. The average molecular weight is 394 g/mol. The maximum atomic E-state index is 12.9. The zero-order valence-corrected chi connectivity index (χ0v) is 17.3. The van der Waals surface area contributed by atoms with Gasteiger partial charge in [-0.3, -0.25) is 4.79 Å². The molecule has 0 bridgehead atoms. The summed E-state index contributed by atoms with van der Waals surface area (Å²) in [5, 5.41) is 6.10. The van der Waals surface area contributed by atoms with Crippen molar-refractivity contribution in [3.63, 3.8) is 0 Å². The summed E-state index contributed by atoms with van der Waals surface area (Å²) < 4.78 is 0. The zero-order valence-electron chi connectivity index (χ0n) is 17.3. The second kappa shape index (κ2) is 10.1. The van der Waals surface area contributed by atoms with Crippen molar-refractivity contribution in [2.24, 2.45) is 5.92 Å². The van der Waals surface area contributed by atoms with Crippen molar-refractivity contribution >= 4 is 11.9 Å². The molecule has 3 rings (SSSR count). The van der Waals surface area contributed by atoms with Gasteiger partial charge in [-0.05, 0) is 30.9 Å². The first-order valence-corrected chi connectivity index (χ1v) is 10.5. The Bertz CT molecular complexity index is 794. The van der Waals surface area contributed by atoms with Gasteiger partial charge in [0.05, 0.1) is 5.92 Å². The monoisotopic (exact) mass is 393 g/mol. The molecule has 154 valence electrons. The second-order valence-corrected chi connectivity index (χ2v) is 7.91. The van der Waals surface area contributed by atoms with Crippen molar-refractivity contribution in [2.45, 2.75) is 45.2 Å². The molecule has 1 heterocycles. The van der Waals surface area contributed by atoms with Gasteiger partial charge in [-0.1, -0.05) is 67.6 Å². The van der Waals surface area contributed by atoms with Gasteiger partial charge in [-0.25, -0.2) is 4.79 Å². The van der Waals surface area contributed by atoms with E-state index in [0.29, 0.717) is 19.6 Å². The summed E-state index contributed by atoms with van der Waals surface area (Å²) in [5.41, 5.74) is 2.23. The van der Waals surface area contributed by atoms with Gasteiger partial charge in [-0.15, -0.1) is 0 Å². The lowest BCUT2D eigenvalue weighted by molar-refractivity contribution is -0.127. The molecule has 1 saturated heterocycles. The fraction of sp³-hybridized carbons (Fsp3) is 0.417. The first kappa shape index (κ1) is 20.9. The lowest BCUT2D eigenvalue weighted by atomic mass is 9.84. The molecule has 29 heavy (non-hydrogen) atoms. The summed E-state index contributed by atoms with van der Waals surface area (Å²) >= 11 is 0. The third-order valence-corrected chi connectivity index (χ3v) is 5.67. The number of hydrogen-bond donors (Lipinski definition) is 2. The number of nitrogens with zero attached hydrogens (tertiary/aromatic N) is 1. The lowest BCUT2D eigenvalue weighted by Gasteiger charge is -2.37. The Kier molecular flexibility index (Phi) is 7.28. The fourth-order valence-electron chi connectivity index (χ4n) is 3.77. The van der Waals surface area contributed by atoms with Crippen LogP contribution >= 0.6 is 0 Å². The molecule has 2 N–H and O–H groups in total. The fourth-order valence-corrected chi connectivity index (χ4v) is 3.77. The molecule has 0 unspecified atom stereocenters. The minimum Gasteiger partial charge on any atom is -0.353 e. The van der Waals surface area contributed by atoms with Crippen LogP contribution in [0, 0.1) is 5.92 Å². The predicted octanol–water partition coefficient (Wildman–Crippen LogP) is 3.92. The number of piperidine rings is 1. The largest absolute Gasteiger partial charge is 0.353 e. The first-order valence-electron chi connectivity index (χ1n) is 10.5. The van der Waals surface area contributed by atoms with Gasteiger partial charge in [-0.2, -0.15) is 0 Å². The molecule has 0 spiro atoms. The van der Waals surface area contributed by atoms with E-state index in [0.717, 1.165) is 18.4 Å². The number of carbonyl (C=O) groups excluding carboxylic acids is 2. The second-order valence-electron chi connectivity index (χ2n) is 7.91. The number of amides is 3. The Labute approximate surface area is 173 Å². The van der Waals surface area contributed by atoms with Crippen molar-refractivity contribution in [2.75, 3.05) is 13.1 Å². The first-order chi connectivity index (χ1) is 14.1. The standard InChI is InChI=1S/C24H31N3O2/c1-3-18(2)26-23(28)22-14-21(20-12-8-5-9-13-20)16-27(17-22)24(29)25-15-19-10-6-4-7-11-19/h4-13,18,21-22H,3,14-17H2,1-2H3,(H,25,29)(H,26,28)/t18-,21-,22+/m0/s1. The average Bonchev–Trinajstić information content (AvgIpc) is 2.78. The summed E-state index contributed by atoms with van der Waals surface area (Å²) in [5.74, 6) is -0.00798. The number of carbonyl (C=O) groups is 2. The van der Waals surface area contributed by atoms with Crippen LogP contribution in [0.2, 0.25) is 0 Å². The number of likely N-dealkylation sites (tertiary alicyclic amines) is 1. The van der Waals surface area contributed by atoms with E-state index in [1.54, 1.807) is 4.90 Å². The molecule has 5 heteroatoms. The Morgan fingerprint density at radius 3 is 2.34 bits per heavy atom. The third-order valence-electron chi connectivity index (χ3n) is 5.67. The molecule has 0 aromatic heterocycles. The smallest absolute Gasteiger partial charge is 0.317 e. The van der Waals surface area contributed by atoms with Crippen molar-refractivity contribution in [1.82, 2.24) is 15.5 Å². The summed E-state index contributed by atoms with van der Waals surface area (Å²) in [6.07, 6.45) is 1.65. The highest BCUT2D eigenvalue weighted by Gasteiger charge is 2.34. The molecule has 0 radical (unpaired) electrons. The van der Waals surface area contributed by atoms with E-state index in [9.17, 15) is 9.59 Å². The van der Waals surface area contributed by atoms with Crippen molar-refractivity contribution in [1.29, 1.82) is 0 Å². The van der Waals surface area contributed by atoms with Gasteiger partial charge in [0.15, 0.2) is 0 Å². The van der Waals surface area contributed by atoms with Crippen molar-refractivity contribution in [3.8, 4) is 0 Å². The topological polar surface area (TPSA) is 61.4 Å². The van der Waals surface area contributed by atoms with Gasteiger partial charge >= 0.3 is 6.03 Å². The molecule has 3 atom stereocenters.